The number of halogens is 2. The molecule has 19 heavy (non-hydrogen) atoms. The summed E-state index contributed by atoms with van der Waals surface area (Å²) in [5.74, 6) is -0.595. The van der Waals surface area contributed by atoms with Crippen LogP contribution in [0.1, 0.15) is 11.1 Å². The molecule has 4 nitrogen and oxygen atoms in total. The first-order valence-corrected chi connectivity index (χ1v) is 5.45. The molecule has 1 unspecified atom stereocenters. The van der Waals surface area contributed by atoms with E-state index in [1.165, 1.54) is 6.08 Å². The Labute approximate surface area is 109 Å². The number of aliphatic hydroxyl groups is 1. The first kappa shape index (κ1) is 14.8. The predicted molar refractivity (Wildman–Crippen MR) is 65.2 cm³/mol. The van der Waals surface area contributed by atoms with Gasteiger partial charge in [0.2, 0.25) is 5.91 Å². The molecule has 0 bridgehead atoms. The second-order valence-corrected chi connectivity index (χ2v) is 3.72. The number of nitrogens with zero attached hydrogens (tertiary/aromatic N) is 1. The van der Waals surface area contributed by atoms with Crippen LogP contribution in [0.15, 0.2) is 30.3 Å². The van der Waals surface area contributed by atoms with Crippen molar-refractivity contribution in [2.24, 2.45) is 0 Å². The van der Waals surface area contributed by atoms with Gasteiger partial charge in [-0.1, -0.05) is 12.1 Å². The summed E-state index contributed by atoms with van der Waals surface area (Å²) < 4.78 is 23.9. The Morgan fingerprint density at radius 3 is 2.89 bits per heavy atom. The average molecular weight is 266 g/mol. The molecule has 0 aliphatic rings. The Morgan fingerprint density at radius 2 is 2.26 bits per heavy atom. The van der Waals surface area contributed by atoms with Crippen LogP contribution in [0.2, 0.25) is 0 Å². The van der Waals surface area contributed by atoms with Gasteiger partial charge in [0, 0.05) is 12.6 Å². The van der Waals surface area contributed by atoms with E-state index in [1.807, 2.05) is 6.07 Å². The minimum atomic E-state index is -2.89. The summed E-state index contributed by atoms with van der Waals surface area (Å²) in [6.45, 7) is -0.515. The van der Waals surface area contributed by atoms with Crippen molar-refractivity contribution < 1.29 is 18.7 Å². The van der Waals surface area contributed by atoms with Crippen molar-refractivity contribution in [3.8, 4) is 6.07 Å². The van der Waals surface area contributed by atoms with Crippen LogP contribution in [0, 0.1) is 11.3 Å². The summed E-state index contributed by atoms with van der Waals surface area (Å²) in [5.41, 5.74) is 1.10. The molecule has 0 saturated carbocycles. The zero-order valence-corrected chi connectivity index (χ0v) is 9.88. The number of aliphatic hydroxyl groups excluding tert-OH is 1. The molecular formula is C13H12F2N2O2. The van der Waals surface area contributed by atoms with Crippen LogP contribution in [-0.2, 0) is 4.79 Å². The quantitative estimate of drug-likeness (QED) is 0.789. The normalized spacial score (nSPS) is 12.4. The third-order valence-electron chi connectivity index (χ3n) is 2.22. The highest BCUT2D eigenvalue weighted by molar-refractivity contribution is 5.91. The lowest BCUT2D eigenvalue weighted by Gasteiger charge is -2.08. The Hall–Kier alpha value is -2.26. The van der Waals surface area contributed by atoms with Crippen LogP contribution in [0.25, 0.3) is 6.08 Å². The highest BCUT2D eigenvalue weighted by Crippen LogP contribution is 2.05. The fraction of sp³-hybridized carbons (Fsp3) is 0.231. The van der Waals surface area contributed by atoms with Gasteiger partial charge in [-0.2, -0.15) is 5.26 Å². The molecule has 0 aliphatic heterocycles. The molecule has 1 rings (SSSR count). The smallest absolute Gasteiger partial charge is 0.265 e. The van der Waals surface area contributed by atoms with E-state index in [4.69, 9.17) is 10.4 Å². The van der Waals surface area contributed by atoms with Crippen molar-refractivity contribution in [3.05, 3.63) is 41.5 Å². The third kappa shape index (κ3) is 5.27. The lowest BCUT2D eigenvalue weighted by atomic mass is 10.1. The molecule has 2 N–H and O–H groups in total. The lowest BCUT2D eigenvalue weighted by Crippen LogP contribution is -2.34. The number of alkyl halides is 2. The molecule has 0 heterocycles. The Balaban J connectivity index is 2.52. The minimum absolute atomic E-state index is 0.454. The molecule has 1 aromatic carbocycles. The Morgan fingerprint density at radius 1 is 1.53 bits per heavy atom. The maximum absolute atomic E-state index is 12.0. The lowest BCUT2D eigenvalue weighted by molar-refractivity contribution is -0.117. The van der Waals surface area contributed by atoms with E-state index in [0.29, 0.717) is 11.1 Å². The fourth-order valence-corrected chi connectivity index (χ4v) is 1.24. The topological polar surface area (TPSA) is 73.1 Å². The summed E-state index contributed by atoms with van der Waals surface area (Å²) >= 11 is 0. The predicted octanol–water partition coefficient (Wildman–Crippen LogP) is 1.31. The first-order chi connectivity index (χ1) is 9.02. The van der Waals surface area contributed by atoms with Crippen LogP contribution < -0.4 is 5.32 Å². The number of nitrogens with one attached hydrogen (secondary N) is 1. The maximum Gasteiger partial charge on any atom is 0.265 e. The minimum Gasteiger partial charge on any atom is -0.385 e. The van der Waals surface area contributed by atoms with E-state index in [2.05, 4.69) is 5.32 Å². The summed E-state index contributed by atoms with van der Waals surface area (Å²) in [7, 11) is 0. The van der Waals surface area contributed by atoms with Gasteiger partial charge in [-0.3, -0.25) is 4.79 Å². The van der Waals surface area contributed by atoms with Gasteiger partial charge >= 0.3 is 0 Å². The highest BCUT2D eigenvalue weighted by atomic mass is 19.3. The summed E-state index contributed by atoms with van der Waals surface area (Å²) in [6.07, 6.45) is -2.17. The monoisotopic (exact) mass is 266 g/mol. The number of nitriles is 1. The van der Waals surface area contributed by atoms with Gasteiger partial charge < -0.3 is 10.4 Å². The van der Waals surface area contributed by atoms with E-state index in [-0.39, 0.29) is 0 Å². The van der Waals surface area contributed by atoms with Crippen LogP contribution in [0.3, 0.4) is 0 Å². The zero-order valence-electron chi connectivity index (χ0n) is 9.88. The summed E-state index contributed by atoms with van der Waals surface area (Å²) in [4.78, 5) is 11.3. The fourth-order valence-electron chi connectivity index (χ4n) is 1.24. The molecule has 0 aliphatic carbocycles. The van der Waals surface area contributed by atoms with Crippen molar-refractivity contribution in [1.29, 1.82) is 5.26 Å². The van der Waals surface area contributed by atoms with Crippen molar-refractivity contribution >= 4 is 12.0 Å². The van der Waals surface area contributed by atoms with Gasteiger partial charge in [0.25, 0.3) is 6.43 Å². The van der Waals surface area contributed by atoms with Crippen molar-refractivity contribution in [2.75, 3.05) is 6.54 Å². The van der Waals surface area contributed by atoms with E-state index in [9.17, 15) is 13.6 Å². The molecule has 1 amide bonds. The van der Waals surface area contributed by atoms with Crippen LogP contribution in [-0.4, -0.2) is 30.1 Å². The standard InChI is InChI=1S/C13H12F2N2O2/c14-13(15)11(18)8-17-12(19)5-4-9-2-1-3-10(6-9)7-16/h1-6,11,13,18H,8H2,(H,17,19)/b5-4+. The molecule has 0 fully saturated rings. The van der Waals surface area contributed by atoms with Crippen molar-refractivity contribution in [2.45, 2.75) is 12.5 Å². The second-order valence-electron chi connectivity index (χ2n) is 3.72. The maximum atomic E-state index is 12.0. The number of rotatable bonds is 5. The summed E-state index contributed by atoms with van der Waals surface area (Å²) in [5, 5.41) is 19.6. The van der Waals surface area contributed by atoms with Gasteiger partial charge in [-0.15, -0.1) is 0 Å². The number of benzene rings is 1. The van der Waals surface area contributed by atoms with Crippen LogP contribution >= 0.6 is 0 Å². The molecule has 0 saturated heterocycles. The Kier molecular flexibility index (Phi) is 5.64. The van der Waals surface area contributed by atoms with E-state index in [1.54, 1.807) is 24.3 Å². The number of carbonyl (C=O) groups excluding carboxylic acids is 1. The number of hydrogen-bond acceptors (Lipinski definition) is 3. The van der Waals surface area contributed by atoms with E-state index in [0.717, 1.165) is 6.08 Å². The number of carbonyl (C=O) groups is 1. The van der Waals surface area contributed by atoms with Gasteiger partial charge in [0.15, 0.2) is 0 Å². The molecule has 6 heteroatoms. The second kappa shape index (κ2) is 7.24. The summed E-state index contributed by atoms with van der Waals surface area (Å²) in [6, 6.07) is 8.52. The SMILES string of the molecule is N#Cc1cccc(/C=C/C(=O)NCC(O)C(F)F)c1. The average Bonchev–Trinajstić information content (AvgIpc) is 2.42. The molecule has 100 valence electrons. The van der Waals surface area contributed by atoms with Gasteiger partial charge in [-0.05, 0) is 23.8 Å². The largest absolute Gasteiger partial charge is 0.385 e. The molecule has 1 aromatic rings. The van der Waals surface area contributed by atoms with Crippen molar-refractivity contribution in [1.82, 2.24) is 5.32 Å². The van der Waals surface area contributed by atoms with Gasteiger partial charge in [-0.25, -0.2) is 8.78 Å². The molecule has 1 atom stereocenters. The molecule has 0 spiro atoms. The molecule has 0 aromatic heterocycles. The number of amides is 1. The van der Waals surface area contributed by atoms with Gasteiger partial charge in [0.1, 0.15) is 6.10 Å². The zero-order chi connectivity index (χ0) is 14.3. The van der Waals surface area contributed by atoms with E-state index >= 15 is 0 Å². The molecular weight excluding hydrogens is 254 g/mol. The van der Waals surface area contributed by atoms with Crippen molar-refractivity contribution in [3.63, 3.8) is 0 Å². The number of hydrogen-bond donors (Lipinski definition) is 2. The molecule has 0 radical (unpaired) electrons. The van der Waals surface area contributed by atoms with Crippen LogP contribution in [0.4, 0.5) is 8.78 Å². The highest BCUT2D eigenvalue weighted by Gasteiger charge is 2.16. The third-order valence-corrected chi connectivity index (χ3v) is 2.22. The van der Waals surface area contributed by atoms with Gasteiger partial charge in [0.05, 0.1) is 11.6 Å². The van der Waals surface area contributed by atoms with E-state index < -0.39 is 25.0 Å². The Bertz CT molecular complexity index is 510. The van der Waals surface area contributed by atoms with Crippen LogP contribution in [0.5, 0.6) is 0 Å². The first-order valence-electron chi connectivity index (χ1n) is 5.45.